The topological polar surface area (TPSA) is 237 Å². The third-order valence-corrected chi connectivity index (χ3v) is 21.0. The van der Waals surface area contributed by atoms with Gasteiger partial charge in [-0.15, -0.1) is 0 Å². The Labute approximate surface area is 631 Å². The normalized spacial score (nSPS) is 14.0. The van der Waals surface area contributed by atoms with Crippen molar-refractivity contribution >= 4 is 39.5 Å². The number of allylic oxidation sites excluding steroid dienone is 4. The molecule has 0 radical (unpaired) electrons. The zero-order valence-corrected chi connectivity index (χ0v) is 68.9. The highest BCUT2D eigenvalue weighted by atomic mass is 31.2. The third-order valence-electron chi connectivity index (χ3n) is 19.1. The Morgan fingerprint density at radius 1 is 0.301 bits per heavy atom. The number of hydrogen-bond donors (Lipinski definition) is 3. The molecular weight excluding hydrogens is 1340 g/mol. The molecule has 0 bridgehead atoms. The maximum Gasteiger partial charge on any atom is 0.472 e. The Morgan fingerprint density at radius 2 is 0.524 bits per heavy atom. The lowest BCUT2D eigenvalue weighted by molar-refractivity contribution is -0.161. The maximum atomic E-state index is 13.1. The Bertz CT molecular complexity index is 2070. The van der Waals surface area contributed by atoms with Gasteiger partial charge in [-0.2, -0.15) is 0 Å². The summed E-state index contributed by atoms with van der Waals surface area (Å²) in [7, 11) is -9.94. The van der Waals surface area contributed by atoms with Crippen molar-refractivity contribution in [1.82, 2.24) is 0 Å². The summed E-state index contributed by atoms with van der Waals surface area (Å²) in [4.78, 5) is 73.2. The van der Waals surface area contributed by atoms with E-state index in [1.165, 1.54) is 225 Å². The van der Waals surface area contributed by atoms with Gasteiger partial charge in [-0.25, -0.2) is 9.13 Å². The van der Waals surface area contributed by atoms with Gasteiger partial charge in [0, 0.05) is 25.7 Å². The van der Waals surface area contributed by atoms with E-state index in [-0.39, 0.29) is 25.7 Å². The minimum absolute atomic E-state index is 0.0856. The molecule has 0 aromatic heterocycles. The van der Waals surface area contributed by atoms with Crippen LogP contribution in [0.15, 0.2) is 24.3 Å². The molecule has 0 saturated carbocycles. The van der Waals surface area contributed by atoms with Gasteiger partial charge in [0.2, 0.25) is 0 Å². The van der Waals surface area contributed by atoms with Crippen LogP contribution in [0.4, 0.5) is 0 Å². The molecule has 0 rings (SSSR count). The highest BCUT2D eigenvalue weighted by Gasteiger charge is 2.30. The number of phosphoric acid groups is 2. The summed E-state index contributed by atoms with van der Waals surface area (Å²) in [5.41, 5.74) is 0. The smallest absolute Gasteiger partial charge is 0.462 e. The number of aliphatic hydroxyl groups excluding tert-OH is 1. The van der Waals surface area contributed by atoms with Gasteiger partial charge in [-0.05, 0) is 63.2 Å². The van der Waals surface area contributed by atoms with Crippen LogP contribution in [0.1, 0.15) is 420 Å². The molecule has 0 aliphatic heterocycles. The molecule has 0 fully saturated rings. The van der Waals surface area contributed by atoms with Crippen LogP contribution < -0.4 is 0 Å². The predicted octanol–water partition coefficient (Wildman–Crippen LogP) is 25.0. The van der Waals surface area contributed by atoms with Gasteiger partial charge in [0.1, 0.15) is 19.3 Å². The SMILES string of the molecule is CCCCCC/C=C\C=C/CCCCCCCC(=O)O[C@H](COC(=O)CCCCCCCCCCCCCCC)COP(=O)(O)OC[C@H](O)COP(=O)(O)OC[C@@H](COC(=O)CCCCCCCCCCCCCCCCC(C)C)OC(=O)CCCCCCCCCCCCCCCCCC(C)C. The fourth-order valence-corrected chi connectivity index (χ4v) is 14.1. The Hall–Kier alpha value is -2.46. The van der Waals surface area contributed by atoms with Crippen molar-refractivity contribution in [2.24, 2.45) is 11.8 Å². The largest absolute Gasteiger partial charge is 0.472 e. The average Bonchev–Trinajstić information content (AvgIpc) is 0.959. The maximum absolute atomic E-state index is 13.1. The van der Waals surface area contributed by atoms with E-state index < -0.39 is 97.5 Å². The summed E-state index contributed by atoms with van der Waals surface area (Å²) >= 11 is 0. The van der Waals surface area contributed by atoms with E-state index in [9.17, 15) is 43.2 Å². The summed E-state index contributed by atoms with van der Waals surface area (Å²) in [6.45, 7) is 9.64. The lowest BCUT2D eigenvalue weighted by atomic mass is 10.0. The van der Waals surface area contributed by atoms with E-state index in [1.807, 2.05) is 0 Å². The molecule has 5 atom stereocenters. The first-order valence-corrected chi connectivity index (χ1v) is 45.8. The molecule has 608 valence electrons. The summed E-state index contributed by atoms with van der Waals surface area (Å²) < 4.78 is 68.8. The second-order valence-corrected chi connectivity index (χ2v) is 33.4. The number of ether oxygens (including phenoxy) is 4. The van der Waals surface area contributed by atoms with Gasteiger partial charge in [-0.1, -0.05) is 368 Å². The number of carbonyl (C=O) groups is 4. The average molecular weight is 1500 g/mol. The van der Waals surface area contributed by atoms with Gasteiger partial charge in [0.05, 0.1) is 26.4 Å². The van der Waals surface area contributed by atoms with Crippen LogP contribution in [-0.2, 0) is 65.4 Å². The Balaban J connectivity index is 5.30. The van der Waals surface area contributed by atoms with E-state index >= 15 is 0 Å². The van der Waals surface area contributed by atoms with Crippen LogP contribution in [0, 0.1) is 11.8 Å². The molecule has 0 amide bonds. The summed E-state index contributed by atoms with van der Waals surface area (Å²) in [5, 5.41) is 10.7. The first-order valence-electron chi connectivity index (χ1n) is 42.8. The van der Waals surface area contributed by atoms with Crippen LogP contribution in [0.5, 0.6) is 0 Å². The number of phosphoric ester groups is 2. The minimum atomic E-state index is -4.97. The first-order chi connectivity index (χ1) is 49.9. The zero-order valence-electron chi connectivity index (χ0n) is 67.1. The van der Waals surface area contributed by atoms with Crippen molar-refractivity contribution in [2.75, 3.05) is 39.6 Å². The molecule has 0 spiro atoms. The fourth-order valence-electron chi connectivity index (χ4n) is 12.5. The van der Waals surface area contributed by atoms with E-state index in [4.69, 9.17) is 37.0 Å². The molecule has 17 nitrogen and oxygen atoms in total. The summed E-state index contributed by atoms with van der Waals surface area (Å²) in [6.07, 6.45) is 68.6. The van der Waals surface area contributed by atoms with E-state index in [1.54, 1.807) is 0 Å². The summed E-state index contributed by atoms with van der Waals surface area (Å²) in [6, 6.07) is 0. The van der Waals surface area contributed by atoms with Crippen molar-refractivity contribution < 1.29 is 80.2 Å². The summed E-state index contributed by atoms with van der Waals surface area (Å²) in [5.74, 6) is -0.534. The lowest BCUT2D eigenvalue weighted by Crippen LogP contribution is -2.30. The van der Waals surface area contributed by atoms with Crippen LogP contribution >= 0.6 is 15.6 Å². The van der Waals surface area contributed by atoms with Crippen LogP contribution in [0.25, 0.3) is 0 Å². The molecule has 0 aromatic carbocycles. The zero-order chi connectivity index (χ0) is 75.6. The lowest BCUT2D eigenvalue weighted by Gasteiger charge is -2.21. The van der Waals surface area contributed by atoms with Crippen molar-refractivity contribution in [2.45, 2.75) is 439 Å². The second kappa shape index (κ2) is 75.0. The number of rotatable bonds is 81. The molecule has 103 heavy (non-hydrogen) atoms. The standard InChI is InChI=1S/C84H160O17P2/c1-7-9-11-13-15-17-19-21-23-32-38-44-50-56-62-68-83(88)100-79(72-94-81(86)66-60-54-48-42-36-28-20-18-16-14-12-10-8-2)74-98-102(90,91)96-70-78(85)71-97-103(92,93)99-75-80(73-95-82(87)67-61-55-49-43-37-31-27-26-30-35-41-47-53-59-65-77(5)6)101-84(89)69-63-57-51-45-39-33-25-22-24-29-34-40-46-52-58-64-76(3)4/h17,19,21,23,76-80,85H,7-16,18,20,22,24-75H2,1-6H3,(H,90,91)(H,92,93)/b19-17-,23-21-/t78-,79+,80+/m0/s1. The van der Waals surface area contributed by atoms with Gasteiger partial charge in [0.15, 0.2) is 12.2 Å². The molecule has 3 N–H and O–H groups in total. The predicted molar refractivity (Wildman–Crippen MR) is 423 cm³/mol. The van der Waals surface area contributed by atoms with Gasteiger partial charge in [0.25, 0.3) is 0 Å². The van der Waals surface area contributed by atoms with E-state index in [2.05, 4.69) is 65.8 Å². The monoisotopic (exact) mass is 1500 g/mol. The number of carbonyl (C=O) groups excluding carboxylic acids is 4. The second-order valence-electron chi connectivity index (χ2n) is 30.5. The highest BCUT2D eigenvalue weighted by molar-refractivity contribution is 7.47. The van der Waals surface area contributed by atoms with Crippen molar-refractivity contribution in [3.05, 3.63) is 24.3 Å². The molecular formula is C84H160O17P2. The van der Waals surface area contributed by atoms with Crippen LogP contribution in [0.2, 0.25) is 0 Å². The van der Waals surface area contributed by atoms with E-state index in [0.29, 0.717) is 25.7 Å². The van der Waals surface area contributed by atoms with E-state index in [0.717, 1.165) is 115 Å². The Morgan fingerprint density at radius 3 is 0.796 bits per heavy atom. The molecule has 0 aliphatic carbocycles. The molecule has 19 heteroatoms. The van der Waals surface area contributed by atoms with Crippen molar-refractivity contribution in [3.63, 3.8) is 0 Å². The number of esters is 4. The van der Waals surface area contributed by atoms with Gasteiger partial charge in [-0.3, -0.25) is 37.3 Å². The molecule has 0 aliphatic rings. The van der Waals surface area contributed by atoms with Crippen molar-refractivity contribution in [1.29, 1.82) is 0 Å². The Kier molecular flexibility index (Phi) is 73.2. The molecule has 0 saturated heterocycles. The van der Waals surface area contributed by atoms with Crippen molar-refractivity contribution in [3.8, 4) is 0 Å². The van der Waals surface area contributed by atoms with Crippen LogP contribution in [-0.4, -0.2) is 96.7 Å². The fraction of sp³-hybridized carbons (Fsp3) is 0.905. The number of unbranched alkanes of at least 4 members (excludes halogenated alkanes) is 48. The quantitative estimate of drug-likeness (QED) is 0.0169. The van der Waals surface area contributed by atoms with Gasteiger partial charge < -0.3 is 33.8 Å². The third kappa shape index (κ3) is 77.5. The first kappa shape index (κ1) is 101. The molecule has 0 aromatic rings. The molecule has 0 heterocycles. The minimum Gasteiger partial charge on any atom is -0.462 e. The van der Waals surface area contributed by atoms with Gasteiger partial charge >= 0.3 is 39.5 Å². The number of hydrogen-bond acceptors (Lipinski definition) is 15. The molecule has 2 unspecified atom stereocenters. The number of aliphatic hydroxyl groups is 1. The van der Waals surface area contributed by atoms with Crippen LogP contribution in [0.3, 0.4) is 0 Å². The highest BCUT2D eigenvalue weighted by Crippen LogP contribution is 2.45.